The van der Waals surface area contributed by atoms with Gasteiger partial charge in [-0.3, -0.25) is 25.0 Å². The van der Waals surface area contributed by atoms with Crippen molar-refractivity contribution in [1.29, 1.82) is 0 Å². The van der Waals surface area contributed by atoms with Gasteiger partial charge >= 0.3 is 0 Å². The Morgan fingerprint density at radius 2 is 1.65 bits per heavy atom. The molecule has 1 saturated carbocycles. The van der Waals surface area contributed by atoms with Crippen molar-refractivity contribution in [2.24, 2.45) is 22.9 Å². The lowest BCUT2D eigenvalue weighted by atomic mass is 9.55. The van der Waals surface area contributed by atoms with Crippen molar-refractivity contribution in [3.05, 3.63) is 164 Å². The number of benzene rings is 4. The van der Waals surface area contributed by atoms with Crippen LogP contribution < -0.4 is 9.47 Å². The molecule has 1 heterocycles. The minimum atomic E-state index is -1.62. The first-order chi connectivity index (χ1) is 32.0. The first kappa shape index (κ1) is 47.2. The molecule has 4 aromatic rings. The average molecular weight is 905 g/mol. The highest BCUT2D eigenvalue weighted by atomic mass is 19.1. The number of ether oxygens (including phenoxy) is 3. The summed E-state index contributed by atoms with van der Waals surface area (Å²) in [6.45, 7) is 4.02. The van der Waals surface area contributed by atoms with Crippen LogP contribution in [0.4, 0.5) is 15.8 Å². The fraction of sp³-hybridized carbons (Fsp3) is 0.360. The summed E-state index contributed by atoms with van der Waals surface area (Å²) in [5.41, 5.74) is 3.07. The topological polar surface area (TPSA) is 196 Å². The summed E-state index contributed by atoms with van der Waals surface area (Å²) in [6.07, 6.45) is 10.8. The number of hydrogen-bond acceptors (Lipinski definition) is 12. The number of nitro benzene ring substituents is 2. The molecule has 4 aromatic carbocycles. The smallest absolute Gasteiger partial charge is 0.273 e. The zero-order chi connectivity index (χ0) is 46.8. The van der Waals surface area contributed by atoms with Gasteiger partial charge in [0.25, 0.3) is 11.4 Å². The lowest BCUT2D eigenvalue weighted by molar-refractivity contribution is -0.385. The summed E-state index contributed by atoms with van der Waals surface area (Å²) in [6, 6.07) is 22.0. The van der Waals surface area contributed by atoms with Gasteiger partial charge in [0, 0.05) is 61.9 Å². The van der Waals surface area contributed by atoms with Crippen molar-refractivity contribution in [1.82, 2.24) is 4.90 Å². The van der Waals surface area contributed by atoms with Gasteiger partial charge in [-0.05, 0) is 109 Å². The second-order valence-corrected chi connectivity index (χ2v) is 16.6. The van der Waals surface area contributed by atoms with Gasteiger partial charge in [0.2, 0.25) is 11.7 Å². The fourth-order valence-corrected chi connectivity index (χ4v) is 9.72. The van der Waals surface area contributed by atoms with Crippen molar-refractivity contribution in [3.8, 4) is 17.2 Å². The third-order valence-corrected chi connectivity index (χ3v) is 12.6. The molecule has 3 aliphatic rings. The van der Waals surface area contributed by atoms with E-state index in [0.717, 1.165) is 24.0 Å². The van der Waals surface area contributed by atoms with Crippen LogP contribution in [0.2, 0.25) is 0 Å². The van der Waals surface area contributed by atoms with Crippen molar-refractivity contribution in [3.63, 3.8) is 0 Å². The Bertz CT molecular complexity index is 2480. The van der Waals surface area contributed by atoms with Crippen LogP contribution in [0.15, 0.2) is 127 Å². The maximum absolute atomic E-state index is 15.0. The number of non-ortho nitro benzene ring substituents is 2. The van der Waals surface area contributed by atoms with E-state index < -0.39 is 45.2 Å². The van der Waals surface area contributed by atoms with E-state index in [1.54, 1.807) is 65.6 Å². The van der Waals surface area contributed by atoms with Crippen LogP contribution in [0, 0.1) is 43.8 Å². The molecule has 346 valence electrons. The number of carbonyl (C=O) groups excluding carboxylic acids is 1. The molecule has 2 aliphatic carbocycles. The number of allylic oxidation sites excluding steroid dienone is 1. The van der Waals surface area contributed by atoms with E-state index in [9.17, 15) is 39.6 Å². The van der Waals surface area contributed by atoms with Gasteiger partial charge in [0.05, 0.1) is 34.1 Å². The molecule has 6 unspecified atom stereocenters. The van der Waals surface area contributed by atoms with E-state index in [2.05, 4.69) is 17.8 Å². The maximum Gasteiger partial charge on any atom is 0.273 e. The van der Waals surface area contributed by atoms with Crippen molar-refractivity contribution < 1.29 is 48.3 Å². The number of rotatable bonds is 21. The quantitative estimate of drug-likeness (QED) is 0.0266. The molecule has 1 amide bonds. The predicted octanol–water partition coefficient (Wildman–Crippen LogP) is 9.44. The number of amides is 1. The second-order valence-electron chi connectivity index (χ2n) is 16.6. The molecule has 6 atom stereocenters. The summed E-state index contributed by atoms with van der Waals surface area (Å²) in [5.74, 6) is -2.59. The Hall–Kier alpha value is -6.75. The first-order valence-corrected chi connectivity index (χ1v) is 22.0. The van der Waals surface area contributed by atoms with Crippen molar-refractivity contribution in [2.75, 3.05) is 26.9 Å². The summed E-state index contributed by atoms with van der Waals surface area (Å²) in [5, 5.41) is 47.5. The SMILES string of the molecule is C=CCOC12Oc3ccc(Oc4cccc([N+](=O)[O-])c4)cc3C3C(CCCCO)C(CCCCO)C=C(C(=NOC)CC1N(Cc1ccc(F)cc1)C(=O)C=Cc1ccc([N+](=O)[O-])cc1)C32. The van der Waals surface area contributed by atoms with Crippen LogP contribution in [0.25, 0.3) is 6.08 Å². The molecule has 66 heavy (non-hydrogen) atoms. The number of halogens is 1. The Labute approximate surface area is 381 Å². The number of aliphatic hydroxyl groups is 2. The van der Waals surface area contributed by atoms with Gasteiger partial charge in [-0.15, -0.1) is 6.58 Å². The van der Waals surface area contributed by atoms with Crippen LogP contribution in [0.5, 0.6) is 17.2 Å². The highest BCUT2D eigenvalue weighted by Gasteiger charge is 2.65. The first-order valence-electron chi connectivity index (χ1n) is 22.0. The molecule has 0 bridgehead atoms. The highest BCUT2D eigenvalue weighted by Crippen LogP contribution is 2.62. The van der Waals surface area contributed by atoms with Gasteiger partial charge in [-0.1, -0.05) is 48.3 Å². The molecule has 7 rings (SSSR count). The van der Waals surface area contributed by atoms with Gasteiger partial charge < -0.3 is 34.2 Å². The van der Waals surface area contributed by atoms with Crippen LogP contribution >= 0.6 is 0 Å². The highest BCUT2D eigenvalue weighted by molar-refractivity contribution is 6.03. The summed E-state index contributed by atoms with van der Waals surface area (Å²) >= 11 is 0. The molecule has 0 saturated heterocycles. The Morgan fingerprint density at radius 1 is 0.939 bits per heavy atom. The van der Waals surface area contributed by atoms with Gasteiger partial charge in [0.1, 0.15) is 36.2 Å². The Kier molecular flexibility index (Phi) is 15.4. The Morgan fingerprint density at radius 3 is 2.33 bits per heavy atom. The number of nitrogens with zero attached hydrogens (tertiary/aromatic N) is 4. The van der Waals surface area contributed by atoms with E-state index in [0.29, 0.717) is 54.0 Å². The minimum Gasteiger partial charge on any atom is -0.459 e. The third kappa shape index (κ3) is 10.4. The van der Waals surface area contributed by atoms with E-state index >= 15 is 0 Å². The summed E-state index contributed by atoms with van der Waals surface area (Å²) in [4.78, 5) is 44.2. The molecule has 0 radical (unpaired) electrons. The zero-order valence-corrected chi connectivity index (χ0v) is 36.6. The number of aliphatic hydroxyl groups excluding tert-OH is 2. The molecular formula is C50H53FN4O11. The average Bonchev–Trinajstić information content (AvgIpc) is 3.31. The van der Waals surface area contributed by atoms with Crippen molar-refractivity contribution >= 4 is 29.1 Å². The van der Waals surface area contributed by atoms with Gasteiger partial charge in [-0.25, -0.2) is 4.39 Å². The lowest BCUT2D eigenvalue weighted by Gasteiger charge is -2.60. The minimum absolute atomic E-state index is 0.00489. The molecule has 1 aliphatic heterocycles. The van der Waals surface area contributed by atoms with Gasteiger partial charge in [-0.2, -0.15) is 0 Å². The van der Waals surface area contributed by atoms with Crippen LogP contribution in [0.3, 0.4) is 0 Å². The number of fused-ring (bicyclic) bond motifs is 2. The Balaban J connectivity index is 1.43. The number of nitro groups is 2. The standard InChI is InChI=1S/C50H53FN4O11/c1-3-27-64-50-46(53(32-34-13-18-36(51)19-14-34)47(58)24-17-33-15-20-37(21-16-33)54(59)60)31-44(52-63-2)42-28-35(9-4-6-25-56)41(12-5-7-26-57)48(49(42)50)43-30-40(22-23-45(43)66-50)65-39-11-8-10-38(29-39)55(61)62/h3,8,10-11,13-24,28-30,35,41,46,48-49,56-57H,1,4-7,9,12,25-27,31-32H2,2H3. The molecule has 0 aromatic heterocycles. The normalized spacial score (nSPS) is 22.4. The fourth-order valence-electron chi connectivity index (χ4n) is 9.72. The molecule has 16 heteroatoms. The zero-order valence-electron chi connectivity index (χ0n) is 36.6. The summed E-state index contributed by atoms with van der Waals surface area (Å²) < 4.78 is 35.0. The lowest BCUT2D eigenvalue weighted by Crippen LogP contribution is -2.70. The largest absolute Gasteiger partial charge is 0.459 e. The van der Waals surface area contributed by atoms with E-state index in [1.807, 2.05) is 6.07 Å². The maximum atomic E-state index is 15.0. The second kappa shape index (κ2) is 21.5. The van der Waals surface area contributed by atoms with Crippen LogP contribution in [-0.2, 0) is 20.9 Å². The van der Waals surface area contributed by atoms with Gasteiger partial charge in [0.15, 0.2) is 0 Å². The van der Waals surface area contributed by atoms with E-state index in [-0.39, 0.29) is 61.7 Å². The number of unbranched alkanes of at least 4 members (excludes halogenated alkanes) is 2. The molecule has 2 N–H and O–H groups in total. The monoisotopic (exact) mass is 904 g/mol. The molecular weight excluding hydrogens is 852 g/mol. The molecule has 1 fully saturated rings. The number of carbonyl (C=O) groups is 1. The van der Waals surface area contributed by atoms with Crippen LogP contribution in [-0.4, -0.2) is 75.3 Å². The molecule has 0 spiro atoms. The molecule has 15 nitrogen and oxygen atoms in total. The predicted molar refractivity (Wildman–Crippen MR) is 244 cm³/mol. The summed E-state index contributed by atoms with van der Waals surface area (Å²) in [7, 11) is 1.45. The number of hydrogen-bond donors (Lipinski definition) is 2. The third-order valence-electron chi connectivity index (χ3n) is 12.6. The van der Waals surface area contributed by atoms with Crippen molar-refractivity contribution in [2.45, 2.75) is 69.2 Å². The van der Waals surface area contributed by atoms with Crippen LogP contribution in [0.1, 0.15) is 67.6 Å². The van der Waals surface area contributed by atoms with E-state index in [4.69, 9.17) is 19.0 Å². The number of oxime groups is 1. The van der Waals surface area contributed by atoms with E-state index in [1.165, 1.54) is 49.6 Å².